The molecule has 0 aromatic carbocycles. The van der Waals surface area contributed by atoms with Crippen LogP contribution in [0, 0.1) is 51.9 Å². The predicted octanol–water partition coefficient (Wildman–Crippen LogP) is 5.80. The van der Waals surface area contributed by atoms with Crippen LogP contribution in [0.2, 0.25) is 19.6 Å². The van der Waals surface area contributed by atoms with E-state index in [1.807, 2.05) is 0 Å². The molecule has 0 radical (unpaired) electrons. The summed E-state index contributed by atoms with van der Waals surface area (Å²) in [5.41, 5.74) is 5.63. The highest BCUT2D eigenvalue weighted by atomic mass is 28.3. The highest BCUT2D eigenvalue weighted by Gasteiger charge is 2.59. The molecule has 0 heterocycles. The molecular weight excluding hydrogens is 384 g/mol. The van der Waals surface area contributed by atoms with Gasteiger partial charge in [0.15, 0.2) is 0 Å². The average Bonchev–Trinajstić information content (AvgIpc) is 3.02. The predicted molar refractivity (Wildman–Crippen MR) is 127 cm³/mol. The summed E-state index contributed by atoms with van der Waals surface area (Å²) < 4.78 is 0. The molecule has 9 atom stereocenters. The molecule has 0 aromatic rings. The second-order valence-electron chi connectivity index (χ2n) is 12.7. The van der Waals surface area contributed by atoms with Crippen molar-refractivity contribution in [3.63, 3.8) is 0 Å². The largest absolute Gasteiger partial charge is 0.393 e. The lowest BCUT2D eigenvalue weighted by Crippen LogP contribution is -2.51. The molecule has 0 saturated heterocycles. The van der Waals surface area contributed by atoms with E-state index in [9.17, 15) is 10.2 Å². The summed E-state index contributed by atoms with van der Waals surface area (Å²) >= 11 is 0. The topological polar surface area (TPSA) is 40.5 Å². The molecule has 0 amide bonds. The van der Waals surface area contributed by atoms with Crippen molar-refractivity contribution in [3.8, 4) is 11.5 Å². The SMILES string of the molecule is CC(C1CCC2C3CC=C4C[C@@H](O)CC[C@]4(C)C3CC[C@@]21C)[C@@H](O)C#C[Si](C)(C)C. The maximum absolute atomic E-state index is 10.9. The van der Waals surface area contributed by atoms with Crippen LogP contribution in [0.15, 0.2) is 11.6 Å². The molecule has 168 valence electrons. The number of hydrogen-bond acceptors (Lipinski definition) is 2. The van der Waals surface area contributed by atoms with Crippen LogP contribution in [-0.4, -0.2) is 30.5 Å². The van der Waals surface area contributed by atoms with Gasteiger partial charge in [0, 0.05) is 0 Å². The Morgan fingerprint density at radius 3 is 2.50 bits per heavy atom. The van der Waals surface area contributed by atoms with E-state index in [1.54, 1.807) is 5.57 Å². The van der Waals surface area contributed by atoms with Gasteiger partial charge in [0.25, 0.3) is 0 Å². The molecule has 0 aliphatic heterocycles. The van der Waals surface area contributed by atoms with Crippen molar-refractivity contribution >= 4 is 8.07 Å². The molecule has 3 fully saturated rings. The van der Waals surface area contributed by atoms with E-state index in [2.05, 4.69) is 58.0 Å². The first kappa shape index (κ1) is 22.6. The van der Waals surface area contributed by atoms with Gasteiger partial charge >= 0.3 is 0 Å². The molecule has 2 N–H and O–H groups in total. The van der Waals surface area contributed by atoms with Gasteiger partial charge in [-0.25, -0.2) is 0 Å². The molecule has 4 aliphatic carbocycles. The van der Waals surface area contributed by atoms with Gasteiger partial charge < -0.3 is 10.2 Å². The maximum atomic E-state index is 10.9. The second-order valence-corrected chi connectivity index (χ2v) is 17.5. The normalized spacial score (nSPS) is 45.2. The molecule has 2 nitrogen and oxygen atoms in total. The van der Waals surface area contributed by atoms with E-state index >= 15 is 0 Å². The van der Waals surface area contributed by atoms with Gasteiger partial charge in [-0.15, -0.1) is 5.54 Å². The fraction of sp³-hybridized carbons (Fsp3) is 0.852. The van der Waals surface area contributed by atoms with Gasteiger partial charge in [0.2, 0.25) is 0 Å². The number of aliphatic hydroxyl groups excluding tert-OH is 2. The molecule has 3 saturated carbocycles. The van der Waals surface area contributed by atoms with Crippen molar-refractivity contribution in [1.82, 2.24) is 0 Å². The van der Waals surface area contributed by atoms with E-state index in [0.29, 0.717) is 16.7 Å². The Bertz CT molecular complexity index is 755. The van der Waals surface area contributed by atoms with Crippen molar-refractivity contribution < 1.29 is 10.2 Å². The van der Waals surface area contributed by atoms with Gasteiger partial charge in [-0.05, 0) is 91.8 Å². The van der Waals surface area contributed by atoms with Crippen LogP contribution >= 0.6 is 0 Å². The monoisotopic (exact) mass is 428 g/mol. The van der Waals surface area contributed by atoms with Crippen LogP contribution in [-0.2, 0) is 0 Å². The third kappa shape index (κ3) is 3.76. The first-order chi connectivity index (χ1) is 14.0. The molecule has 0 aromatic heterocycles. The van der Waals surface area contributed by atoms with Gasteiger partial charge in [-0.1, -0.05) is 58.0 Å². The minimum absolute atomic E-state index is 0.120. The van der Waals surface area contributed by atoms with Crippen LogP contribution in [0.25, 0.3) is 0 Å². The summed E-state index contributed by atoms with van der Waals surface area (Å²) in [6.07, 6.45) is 11.4. The Labute approximate surface area is 185 Å². The molecule has 0 bridgehead atoms. The molecule has 0 spiro atoms. The Morgan fingerprint density at radius 1 is 1.07 bits per heavy atom. The summed E-state index contributed by atoms with van der Waals surface area (Å²) in [4.78, 5) is 0. The first-order valence-electron chi connectivity index (χ1n) is 12.5. The van der Waals surface area contributed by atoms with E-state index < -0.39 is 14.2 Å². The van der Waals surface area contributed by atoms with Crippen molar-refractivity contribution in [1.29, 1.82) is 0 Å². The first-order valence-corrected chi connectivity index (χ1v) is 16.0. The highest BCUT2D eigenvalue weighted by Crippen LogP contribution is 2.67. The van der Waals surface area contributed by atoms with Crippen molar-refractivity contribution in [2.24, 2.45) is 40.4 Å². The Kier molecular flexibility index (Phi) is 5.87. The summed E-state index contributed by atoms with van der Waals surface area (Å²) in [6.45, 7) is 14.1. The third-order valence-corrected chi connectivity index (χ3v) is 10.8. The minimum Gasteiger partial charge on any atom is -0.393 e. The van der Waals surface area contributed by atoms with Crippen molar-refractivity contribution in [3.05, 3.63) is 11.6 Å². The van der Waals surface area contributed by atoms with E-state index in [4.69, 9.17) is 0 Å². The average molecular weight is 429 g/mol. The summed E-state index contributed by atoms with van der Waals surface area (Å²) in [6, 6.07) is 0. The highest BCUT2D eigenvalue weighted by molar-refractivity contribution is 6.83. The number of aliphatic hydroxyl groups is 2. The second kappa shape index (κ2) is 7.79. The molecule has 5 unspecified atom stereocenters. The van der Waals surface area contributed by atoms with Crippen LogP contribution in [0.5, 0.6) is 0 Å². The van der Waals surface area contributed by atoms with E-state index in [-0.39, 0.29) is 12.0 Å². The molecule has 4 rings (SSSR count). The van der Waals surface area contributed by atoms with Gasteiger partial charge in [0.05, 0.1) is 6.10 Å². The molecule has 3 heteroatoms. The summed E-state index contributed by atoms with van der Waals surface area (Å²) in [5.74, 6) is 6.45. The smallest absolute Gasteiger partial charge is 0.129 e. The van der Waals surface area contributed by atoms with Crippen molar-refractivity contribution in [2.75, 3.05) is 0 Å². The summed E-state index contributed by atoms with van der Waals surface area (Å²) in [7, 11) is -1.46. The maximum Gasteiger partial charge on any atom is 0.129 e. The molecule has 30 heavy (non-hydrogen) atoms. The Balaban J connectivity index is 1.55. The van der Waals surface area contributed by atoms with E-state index in [1.165, 1.54) is 32.1 Å². The minimum atomic E-state index is -1.46. The van der Waals surface area contributed by atoms with Gasteiger partial charge in [-0.2, -0.15) is 0 Å². The molecular formula is C27H44O2Si. The van der Waals surface area contributed by atoms with Gasteiger partial charge in [0.1, 0.15) is 14.2 Å². The van der Waals surface area contributed by atoms with E-state index in [0.717, 1.165) is 37.0 Å². The standard InChI is InChI=1S/C27H44O2Si/c1-18(25(29)13-16-30(4,5)6)22-9-10-23-21-8-7-19-17-20(28)11-14-26(19,2)24(21)12-15-27(22,23)3/h7,18,20-25,28-29H,8-12,14-15,17H2,1-6H3/t18?,20-,21?,22?,23?,24?,25-,26-,27+/m0/s1. The number of rotatable bonds is 2. The third-order valence-electron chi connectivity index (χ3n) is 9.88. The fourth-order valence-electron chi connectivity index (χ4n) is 8.19. The van der Waals surface area contributed by atoms with Gasteiger partial charge in [-0.3, -0.25) is 0 Å². The van der Waals surface area contributed by atoms with Crippen LogP contribution in [0.3, 0.4) is 0 Å². The van der Waals surface area contributed by atoms with Crippen LogP contribution in [0.1, 0.15) is 72.1 Å². The lowest BCUT2D eigenvalue weighted by atomic mass is 9.47. The zero-order chi connectivity index (χ0) is 21.9. The lowest BCUT2D eigenvalue weighted by Gasteiger charge is -2.58. The van der Waals surface area contributed by atoms with Crippen LogP contribution in [0.4, 0.5) is 0 Å². The Hall–Kier alpha value is -0.563. The number of hydrogen-bond donors (Lipinski definition) is 2. The zero-order valence-electron chi connectivity index (χ0n) is 20.2. The Morgan fingerprint density at radius 2 is 1.80 bits per heavy atom. The quantitative estimate of drug-likeness (QED) is 0.331. The number of allylic oxidation sites excluding steroid dienone is 1. The lowest BCUT2D eigenvalue weighted by molar-refractivity contribution is -0.0632. The number of fused-ring (bicyclic) bond motifs is 5. The summed E-state index contributed by atoms with van der Waals surface area (Å²) in [5, 5.41) is 21.1. The fourth-order valence-corrected chi connectivity index (χ4v) is 8.77. The zero-order valence-corrected chi connectivity index (χ0v) is 21.2. The molecule has 4 aliphatic rings. The van der Waals surface area contributed by atoms with Crippen molar-refractivity contribution in [2.45, 2.75) is 104 Å². The van der Waals surface area contributed by atoms with Crippen LogP contribution < -0.4 is 0 Å².